The number of carboxylic acids is 1. The standard InChI is InChI=1S/C21H17NO5/c23-13-14-6-8-15(9-7-14)19-11-10-17(27-19)12-18(21(25)26)22-20(24)16-4-2-1-3-5-16/h1-12,23H,13H2,(H,22,24)(H,25,26)/b18-12-. The molecule has 136 valence electrons. The minimum absolute atomic E-state index is 0.0461. The Hall–Kier alpha value is -3.64. The molecular weight excluding hydrogens is 346 g/mol. The first kappa shape index (κ1) is 18.2. The van der Waals surface area contributed by atoms with E-state index in [0.29, 0.717) is 17.1 Å². The molecule has 1 amide bonds. The van der Waals surface area contributed by atoms with E-state index in [1.165, 1.54) is 6.08 Å². The van der Waals surface area contributed by atoms with Gasteiger partial charge in [0, 0.05) is 17.2 Å². The highest BCUT2D eigenvalue weighted by Gasteiger charge is 2.14. The molecule has 3 aromatic rings. The van der Waals surface area contributed by atoms with E-state index in [2.05, 4.69) is 5.32 Å². The summed E-state index contributed by atoms with van der Waals surface area (Å²) in [5.41, 5.74) is 1.63. The van der Waals surface area contributed by atoms with E-state index >= 15 is 0 Å². The average molecular weight is 363 g/mol. The Morgan fingerprint density at radius 3 is 2.30 bits per heavy atom. The first-order chi connectivity index (χ1) is 13.1. The molecule has 3 rings (SSSR count). The number of hydrogen-bond acceptors (Lipinski definition) is 4. The zero-order chi connectivity index (χ0) is 19.2. The normalized spacial score (nSPS) is 11.2. The molecule has 0 fully saturated rings. The van der Waals surface area contributed by atoms with Gasteiger partial charge in [0.1, 0.15) is 17.2 Å². The molecule has 0 atom stereocenters. The topological polar surface area (TPSA) is 99.8 Å². The smallest absolute Gasteiger partial charge is 0.352 e. The summed E-state index contributed by atoms with van der Waals surface area (Å²) in [5.74, 6) is -0.952. The van der Waals surface area contributed by atoms with E-state index in [1.807, 2.05) is 0 Å². The first-order valence-electron chi connectivity index (χ1n) is 8.18. The highest BCUT2D eigenvalue weighted by molar-refractivity contribution is 6.02. The average Bonchev–Trinajstić information content (AvgIpc) is 3.16. The number of aliphatic carboxylic acids is 1. The maximum atomic E-state index is 12.2. The molecule has 0 unspecified atom stereocenters. The number of aliphatic hydroxyl groups excluding tert-OH is 1. The van der Waals surface area contributed by atoms with Crippen molar-refractivity contribution in [1.82, 2.24) is 5.32 Å². The molecule has 0 aliphatic carbocycles. The molecule has 0 aliphatic heterocycles. The fourth-order valence-electron chi connectivity index (χ4n) is 2.44. The summed E-state index contributed by atoms with van der Waals surface area (Å²) < 4.78 is 5.66. The summed E-state index contributed by atoms with van der Waals surface area (Å²) >= 11 is 0. The number of carboxylic acid groups (broad SMARTS) is 1. The first-order valence-corrected chi connectivity index (χ1v) is 8.18. The summed E-state index contributed by atoms with van der Waals surface area (Å²) in [6.07, 6.45) is 1.26. The van der Waals surface area contributed by atoms with Crippen molar-refractivity contribution in [2.24, 2.45) is 0 Å². The molecule has 6 nitrogen and oxygen atoms in total. The number of carbonyl (C=O) groups is 2. The number of carbonyl (C=O) groups excluding carboxylic acids is 1. The van der Waals surface area contributed by atoms with Gasteiger partial charge in [-0.05, 0) is 29.8 Å². The molecule has 0 aliphatic rings. The Labute approximate surface area is 155 Å². The summed E-state index contributed by atoms with van der Waals surface area (Å²) in [7, 11) is 0. The summed E-state index contributed by atoms with van der Waals surface area (Å²) in [6, 6.07) is 18.8. The van der Waals surface area contributed by atoms with Crippen LogP contribution in [0.2, 0.25) is 0 Å². The third-order valence-electron chi connectivity index (χ3n) is 3.85. The van der Waals surface area contributed by atoms with Crippen molar-refractivity contribution in [3.05, 3.63) is 89.3 Å². The fraction of sp³-hybridized carbons (Fsp3) is 0.0476. The molecule has 0 bridgehead atoms. The van der Waals surface area contributed by atoms with Crippen LogP contribution in [0.15, 0.2) is 76.8 Å². The predicted molar refractivity (Wildman–Crippen MR) is 99.6 cm³/mol. The van der Waals surface area contributed by atoms with Crippen LogP contribution in [-0.4, -0.2) is 22.1 Å². The van der Waals surface area contributed by atoms with Crippen LogP contribution in [0, 0.1) is 0 Å². The van der Waals surface area contributed by atoms with Gasteiger partial charge in [-0.2, -0.15) is 0 Å². The van der Waals surface area contributed by atoms with Crippen LogP contribution in [-0.2, 0) is 11.4 Å². The number of furan rings is 1. The van der Waals surface area contributed by atoms with E-state index in [1.54, 1.807) is 66.7 Å². The van der Waals surface area contributed by atoms with Gasteiger partial charge < -0.3 is 19.9 Å². The van der Waals surface area contributed by atoms with Gasteiger partial charge in [-0.3, -0.25) is 4.79 Å². The second-order valence-corrected chi connectivity index (χ2v) is 5.74. The van der Waals surface area contributed by atoms with Gasteiger partial charge in [0.05, 0.1) is 6.61 Å². The third kappa shape index (κ3) is 4.50. The lowest BCUT2D eigenvalue weighted by atomic mass is 10.1. The van der Waals surface area contributed by atoms with E-state index in [-0.39, 0.29) is 12.3 Å². The SMILES string of the molecule is O=C(O)/C(=C/c1ccc(-c2ccc(CO)cc2)o1)NC(=O)c1ccccc1. The predicted octanol–water partition coefficient (Wildman–Crippen LogP) is 3.29. The number of aliphatic hydroxyl groups is 1. The minimum Gasteiger partial charge on any atom is -0.477 e. The number of hydrogen-bond donors (Lipinski definition) is 3. The van der Waals surface area contributed by atoms with Gasteiger partial charge in [0.25, 0.3) is 5.91 Å². The van der Waals surface area contributed by atoms with Crippen LogP contribution >= 0.6 is 0 Å². The van der Waals surface area contributed by atoms with Crippen molar-refractivity contribution in [3.8, 4) is 11.3 Å². The number of rotatable bonds is 6. The van der Waals surface area contributed by atoms with E-state index in [9.17, 15) is 14.7 Å². The molecule has 6 heteroatoms. The summed E-state index contributed by atoms with van der Waals surface area (Å²) in [5, 5.41) is 20.8. The molecular formula is C21H17NO5. The van der Waals surface area contributed by atoms with Crippen LogP contribution in [0.1, 0.15) is 21.7 Å². The van der Waals surface area contributed by atoms with E-state index in [0.717, 1.165) is 11.1 Å². The Kier molecular flexibility index (Phi) is 5.49. The van der Waals surface area contributed by atoms with Crippen molar-refractivity contribution in [3.63, 3.8) is 0 Å². The summed E-state index contributed by atoms with van der Waals surface area (Å²) in [6.45, 7) is -0.0461. The van der Waals surface area contributed by atoms with Gasteiger partial charge in [0.2, 0.25) is 0 Å². The van der Waals surface area contributed by atoms with Crippen LogP contribution in [0.25, 0.3) is 17.4 Å². The zero-order valence-electron chi connectivity index (χ0n) is 14.3. The summed E-state index contributed by atoms with van der Waals surface area (Å²) in [4.78, 5) is 23.6. The Balaban J connectivity index is 1.81. The van der Waals surface area contributed by atoms with Gasteiger partial charge in [-0.25, -0.2) is 4.79 Å². The quantitative estimate of drug-likeness (QED) is 0.584. The monoisotopic (exact) mass is 363 g/mol. The number of nitrogens with one attached hydrogen (secondary N) is 1. The molecule has 0 radical (unpaired) electrons. The van der Waals surface area contributed by atoms with Crippen molar-refractivity contribution in [2.45, 2.75) is 6.61 Å². The number of benzene rings is 2. The Bertz CT molecular complexity index is 971. The zero-order valence-corrected chi connectivity index (χ0v) is 14.3. The van der Waals surface area contributed by atoms with Crippen molar-refractivity contribution in [2.75, 3.05) is 0 Å². The highest BCUT2D eigenvalue weighted by Crippen LogP contribution is 2.23. The Morgan fingerprint density at radius 1 is 0.963 bits per heavy atom. The Morgan fingerprint density at radius 2 is 1.67 bits per heavy atom. The second-order valence-electron chi connectivity index (χ2n) is 5.74. The highest BCUT2D eigenvalue weighted by atomic mass is 16.4. The van der Waals surface area contributed by atoms with Gasteiger partial charge >= 0.3 is 5.97 Å². The molecule has 1 aromatic heterocycles. The van der Waals surface area contributed by atoms with E-state index in [4.69, 9.17) is 9.52 Å². The lowest BCUT2D eigenvalue weighted by Gasteiger charge is -2.05. The lowest BCUT2D eigenvalue weighted by Crippen LogP contribution is -2.27. The van der Waals surface area contributed by atoms with Crippen molar-refractivity contribution >= 4 is 18.0 Å². The van der Waals surface area contributed by atoms with Crippen LogP contribution < -0.4 is 5.32 Å². The second kappa shape index (κ2) is 8.16. The van der Waals surface area contributed by atoms with Crippen molar-refractivity contribution < 1.29 is 24.2 Å². The van der Waals surface area contributed by atoms with Crippen LogP contribution in [0.4, 0.5) is 0 Å². The van der Waals surface area contributed by atoms with E-state index < -0.39 is 11.9 Å². The third-order valence-corrected chi connectivity index (χ3v) is 3.85. The molecule has 2 aromatic carbocycles. The maximum Gasteiger partial charge on any atom is 0.352 e. The lowest BCUT2D eigenvalue weighted by molar-refractivity contribution is -0.132. The molecule has 27 heavy (non-hydrogen) atoms. The van der Waals surface area contributed by atoms with Crippen LogP contribution in [0.3, 0.4) is 0 Å². The van der Waals surface area contributed by atoms with Gasteiger partial charge in [-0.1, -0.05) is 42.5 Å². The maximum absolute atomic E-state index is 12.2. The van der Waals surface area contributed by atoms with Crippen LogP contribution in [0.5, 0.6) is 0 Å². The molecule has 1 heterocycles. The molecule has 0 saturated heterocycles. The number of amides is 1. The molecule has 0 saturated carbocycles. The fourth-order valence-corrected chi connectivity index (χ4v) is 2.44. The minimum atomic E-state index is -1.27. The van der Waals surface area contributed by atoms with Gasteiger partial charge in [-0.15, -0.1) is 0 Å². The largest absolute Gasteiger partial charge is 0.477 e. The molecule has 3 N–H and O–H groups in total. The van der Waals surface area contributed by atoms with Crippen molar-refractivity contribution in [1.29, 1.82) is 0 Å². The molecule has 0 spiro atoms. The van der Waals surface area contributed by atoms with Gasteiger partial charge in [0.15, 0.2) is 0 Å².